The summed E-state index contributed by atoms with van der Waals surface area (Å²) in [4.78, 5) is 4.13. The third kappa shape index (κ3) is 3.54. The Hall–Kier alpha value is 0.1000. The van der Waals surface area contributed by atoms with E-state index in [-0.39, 0.29) is 6.04 Å². The smallest absolute Gasteiger partial charge is 0.0702 e. The van der Waals surface area contributed by atoms with Crippen LogP contribution in [0, 0.1) is 11.8 Å². The first kappa shape index (κ1) is 16.0. The highest BCUT2D eigenvalue weighted by molar-refractivity contribution is 9.11. The number of hydrogen-bond acceptors (Lipinski definition) is 3. The Morgan fingerprint density at radius 3 is 2.71 bits per heavy atom. The highest BCUT2D eigenvalue weighted by atomic mass is 79.9. The topological polar surface area (TPSA) is 29.3 Å². The van der Waals surface area contributed by atoms with Gasteiger partial charge in [0.15, 0.2) is 0 Å². The second-order valence-electron chi connectivity index (χ2n) is 6.75. The monoisotopic (exact) mass is 370 g/mol. The minimum Gasteiger partial charge on any atom is -0.326 e. The molecule has 2 fully saturated rings. The lowest BCUT2D eigenvalue weighted by molar-refractivity contribution is 0.0482. The van der Waals surface area contributed by atoms with Crippen LogP contribution in [0.15, 0.2) is 15.9 Å². The molecule has 1 aliphatic heterocycles. The number of piperidine rings is 1. The molecule has 1 saturated heterocycles. The summed E-state index contributed by atoms with van der Waals surface area (Å²) in [5.41, 5.74) is 6.51. The lowest BCUT2D eigenvalue weighted by Gasteiger charge is -2.45. The summed E-state index contributed by atoms with van der Waals surface area (Å²) in [6.07, 6.45) is 8.22. The van der Waals surface area contributed by atoms with Crippen LogP contribution in [0.5, 0.6) is 0 Å². The molecule has 0 amide bonds. The van der Waals surface area contributed by atoms with Gasteiger partial charge in [0.1, 0.15) is 0 Å². The molecule has 118 valence electrons. The van der Waals surface area contributed by atoms with Crippen molar-refractivity contribution in [1.29, 1.82) is 0 Å². The fraction of sp³-hybridized carbons (Fsp3) is 0.765. The van der Waals surface area contributed by atoms with Gasteiger partial charge in [-0.2, -0.15) is 0 Å². The van der Waals surface area contributed by atoms with Gasteiger partial charge in [0.2, 0.25) is 0 Å². The van der Waals surface area contributed by atoms with Crippen LogP contribution in [-0.2, 0) is 0 Å². The lowest BCUT2D eigenvalue weighted by atomic mass is 9.74. The molecule has 2 N–H and O–H groups in total. The standard InChI is InChI=1S/C17H27BrN2S/c1-2-14(19)17(15-7-8-16(18)21-15)20-10-9-12-5-3-4-6-13(12)11-20/h7-8,12-14,17H,2-6,9-11,19H2,1H3. The second-order valence-corrected chi connectivity index (χ2v) is 9.24. The van der Waals surface area contributed by atoms with E-state index in [1.807, 2.05) is 11.3 Å². The molecule has 1 aromatic rings. The highest BCUT2D eigenvalue weighted by Gasteiger charge is 2.36. The molecule has 0 aromatic carbocycles. The summed E-state index contributed by atoms with van der Waals surface area (Å²) >= 11 is 5.47. The summed E-state index contributed by atoms with van der Waals surface area (Å²) in [5.74, 6) is 1.91. The van der Waals surface area contributed by atoms with E-state index in [4.69, 9.17) is 5.73 Å². The van der Waals surface area contributed by atoms with Gasteiger partial charge in [-0.1, -0.05) is 26.2 Å². The maximum atomic E-state index is 6.51. The largest absolute Gasteiger partial charge is 0.326 e. The first-order valence-corrected chi connectivity index (χ1v) is 10.0. The van der Waals surface area contributed by atoms with Crippen molar-refractivity contribution in [1.82, 2.24) is 4.90 Å². The van der Waals surface area contributed by atoms with Crippen LogP contribution >= 0.6 is 27.3 Å². The molecule has 2 nitrogen and oxygen atoms in total. The van der Waals surface area contributed by atoms with Crippen molar-refractivity contribution >= 4 is 27.3 Å². The van der Waals surface area contributed by atoms with Gasteiger partial charge in [-0.15, -0.1) is 11.3 Å². The third-order valence-corrected chi connectivity index (χ3v) is 7.17. The quantitative estimate of drug-likeness (QED) is 0.824. The SMILES string of the molecule is CCC(N)C(c1ccc(Br)s1)N1CCC2CCCCC2C1. The molecule has 21 heavy (non-hydrogen) atoms. The lowest BCUT2D eigenvalue weighted by Crippen LogP contribution is -2.48. The molecule has 2 heterocycles. The van der Waals surface area contributed by atoms with Crippen molar-refractivity contribution in [3.8, 4) is 0 Å². The van der Waals surface area contributed by atoms with Crippen molar-refractivity contribution in [2.45, 2.75) is 57.5 Å². The average Bonchev–Trinajstić information content (AvgIpc) is 2.93. The molecular weight excluding hydrogens is 344 g/mol. The van der Waals surface area contributed by atoms with E-state index in [2.05, 4.69) is 39.9 Å². The molecule has 1 aliphatic carbocycles. The zero-order chi connectivity index (χ0) is 14.8. The Morgan fingerprint density at radius 1 is 1.29 bits per heavy atom. The van der Waals surface area contributed by atoms with Crippen molar-refractivity contribution in [2.24, 2.45) is 17.6 Å². The van der Waals surface area contributed by atoms with Crippen molar-refractivity contribution in [3.63, 3.8) is 0 Å². The van der Waals surface area contributed by atoms with Gasteiger partial charge in [-0.25, -0.2) is 0 Å². The molecule has 4 unspecified atom stereocenters. The maximum absolute atomic E-state index is 6.51. The Morgan fingerprint density at radius 2 is 2.05 bits per heavy atom. The number of rotatable bonds is 4. The van der Waals surface area contributed by atoms with Gasteiger partial charge in [-0.3, -0.25) is 4.90 Å². The van der Waals surface area contributed by atoms with E-state index in [1.165, 1.54) is 53.9 Å². The van der Waals surface area contributed by atoms with Crippen LogP contribution in [0.1, 0.15) is 56.4 Å². The van der Waals surface area contributed by atoms with Crippen molar-refractivity contribution in [3.05, 3.63) is 20.8 Å². The molecule has 1 saturated carbocycles. The first-order valence-electron chi connectivity index (χ1n) is 8.44. The van der Waals surface area contributed by atoms with Gasteiger partial charge < -0.3 is 5.73 Å². The molecule has 1 aromatic heterocycles. The summed E-state index contributed by atoms with van der Waals surface area (Å²) in [6, 6.07) is 5.09. The van der Waals surface area contributed by atoms with E-state index < -0.39 is 0 Å². The van der Waals surface area contributed by atoms with Gasteiger partial charge in [0.05, 0.1) is 9.83 Å². The van der Waals surface area contributed by atoms with Crippen molar-refractivity contribution in [2.75, 3.05) is 13.1 Å². The molecule has 0 bridgehead atoms. The van der Waals surface area contributed by atoms with Crippen LogP contribution < -0.4 is 5.73 Å². The van der Waals surface area contributed by atoms with Crippen LogP contribution in [0.3, 0.4) is 0 Å². The number of hydrogen-bond donors (Lipinski definition) is 1. The fourth-order valence-electron chi connectivity index (χ4n) is 4.25. The number of halogens is 1. The zero-order valence-corrected chi connectivity index (χ0v) is 15.3. The van der Waals surface area contributed by atoms with E-state index >= 15 is 0 Å². The summed E-state index contributed by atoms with van der Waals surface area (Å²) in [6.45, 7) is 4.71. The van der Waals surface area contributed by atoms with E-state index in [0.29, 0.717) is 6.04 Å². The predicted octanol–water partition coefficient (Wildman–Crippen LogP) is 4.80. The minimum absolute atomic E-state index is 0.246. The van der Waals surface area contributed by atoms with E-state index in [9.17, 15) is 0 Å². The van der Waals surface area contributed by atoms with Crippen LogP contribution in [0.2, 0.25) is 0 Å². The molecular formula is C17H27BrN2S. The normalized spacial score (nSPS) is 29.9. The summed E-state index contributed by atoms with van der Waals surface area (Å²) in [5, 5.41) is 0. The molecule has 3 rings (SSSR count). The van der Waals surface area contributed by atoms with E-state index in [1.54, 1.807) is 0 Å². The Balaban J connectivity index is 1.77. The first-order chi connectivity index (χ1) is 10.2. The number of nitrogens with two attached hydrogens (primary N) is 1. The number of thiophene rings is 1. The Labute approximate surface area is 141 Å². The molecule has 4 heteroatoms. The Bertz CT molecular complexity index is 461. The third-order valence-electron chi connectivity index (χ3n) is 5.48. The molecule has 2 aliphatic rings. The average molecular weight is 371 g/mol. The van der Waals surface area contributed by atoms with Crippen LogP contribution in [-0.4, -0.2) is 24.0 Å². The van der Waals surface area contributed by atoms with E-state index in [0.717, 1.165) is 18.3 Å². The number of nitrogens with zero attached hydrogens (tertiary/aromatic N) is 1. The highest BCUT2D eigenvalue weighted by Crippen LogP contribution is 2.41. The molecule has 0 radical (unpaired) electrons. The van der Waals surface area contributed by atoms with Crippen LogP contribution in [0.25, 0.3) is 0 Å². The molecule has 0 spiro atoms. The van der Waals surface area contributed by atoms with Gasteiger partial charge in [0.25, 0.3) is 0 Å². The van der Waals surface area contributed by atoms with Gasteiger partial charge >= 0.3 is 0 Å². The van der Waals surface area contributed by atoms with Gasteiger partial charge in [-0.05, 0) is 65.7 Å². The van der Waals surface area contributed by atoms with Crippen molar-refractivity contribution < 1.29 is 0 Å². The molecule has 4 atom stereocenters. The summed E-state index contributed by atoms with van der Waals surface area (Å²) in [7, 11) is 0. The fourth-order valence-corrected chi connectivity index (χ4v) is 5.89. The Kier molecular flexibility index (Phi) is 5.41. The van der Waals surface area contributed by atoms with Crippen LogP contribution in [0.4, 0.5) is 0 Å². The van der Waals surface area contributed by atoms with Gasteiger partial charge in [0, 0.05) is 17.5 Å². The second kappa shape index (κ2) is 7.12. The number of fused-ring (bicyclic) bond motifs is 1. The number of likely N-dealkylation sites (tertiary alicyclic amines) is 1. The summed E-state index contributed by atoms with van der Waals surface area (Å²) < 4.78 is 1.22. The predicted molar refractivity (Wildman–Crippen MR) is 94.7 cm³/mol. The zero-order valence-electron chi connectivity index (χ0n) is 12.9. The maximum Gasteiger partial charge on any atom is 0.0702 e. The minimum atomic E-state index is 0.246.